The zero-order valence-electron chi connectivity index (χ0n) is 9.56. The van der Waals surface area contributed by atoms with Gasteiger partial charge in [-0.25, -0.2) is 9.59 Å². The number of hydrogen-bond donors (Lipinski definition) is 3. The standard InChI is InChI=1S/C12H15NO4/c1-2-3-6-13-10-5-4-8(11(14)15)7-9(10)12(16)17/h4-5,7,13H,2-3,6H2,1H3,(H,14,15)(H,16,17). The van der Waals surface area contributed by atoms with Crippen molar-refractivity contribution in [3.05, 3.63) is 29.3 Å². The topological polar surface area (TPSA) is 86.6 Å². The van der Waals surface area contributed by atoms with Crippen molar-refractivity contribution >= 4 is 17.6 Å². The number of carbonyl (C=O) groups is 2. The second-order valence-electron chi connectivity index (χ2n) is 3.65. The lowest BCUT2D eigenvalue weighted by Crippen LogP contribution is -2.09. The van der Waals surface area contributed by atoms with E-state index < -0.39 is 11.9 Å². The van der Waals surface area contributed by atoms with Crippen molar-refractivity contribution < 1.29 is 19.8 Å². The Labute approximate surface area is 99.1 Å². The molecule has 1 aromatic rings. The van der Waals surface area contributed by atoms with E-state index in [0.29, 0.717) is 12.2 Å². The smallest absolute Gasteiger partial charge is 0.337 e. The van der Waals surface area contributed by atoms with E-state index in [1.807, 2.05) is 6.92 Å². The molecule has 1 rings (SSSR count). The first kappa shape index (κ1) is 13.0. The molecule has 0 fully saturated rings. The summed E-state index contributed by atoms with van der Waals surface area (Å²) in [5, 5.41) is 20.8. The van der Waals surface area contributed by atoms with E-state index in [-0.39, 0.29) is 11.1 Å². The monoisotopic (exact) mass is 237 g/mol. The summed E-state index contributed by atoms with van der Waals surface area (Å²) in [7, 11) is 0. The van der Waals surface area contributed by atoms with Crippen molar-refractivity contribution in [3.8, 4) is 0 Å². The third kappa shape index (κ3) is 3.48. The van der Waals surface area contributed by atoms with Crippen LogP contribution < -0.4 is 5.32 Å². The lowest BCUT2D eigenvalue weighted by Gasteiger charge is -2.09. The molecule has 0 unspecified atom stereocenters. The Bertz CT molecular complexity index is 429. The average molecular weight is 237 g/mol. The molecule has 0 saturated carbocycles. The fraction of sp³-hybridized carbons (Fsp3) is 0.333. The maximum absolute atomic E-state index is 11.0. The Balaban J connectivity index is 2.96. The number of aromatic carboxylic acids is 2. The summed E-state index contributed by atoms with van der Waals surface area (Å²) in [5.74, 6) is -2.26. The van der Waals surface area contributed by atoms with Crippen LogP contribution in [0.1, 0.15) is 40.5 Å². The van der Waals surface area contributed by atoms with E-state index in [1.54, 1.807) is 0 Å². The molecular formula is C12H15NO4. The molecule has 92 valence electrons. The van der Waals surface area contributed by atoms with Gasteiger partial charge in [0.25, 0.3) is 0 Å². The lowest BCUT2D eigenvalue weighted by atomic mass is 10.1. The van der Waals surface area contributed by atoms with Crippen LogP contribution in [0.2, 0.25) is 0 Å². The molecule has 5 heteroatoms. The number of carboxylic acids is 2. The maximum Gasteiger partial charge on any atom is 0.337 e. The Kier molecular flexibility index (Phi) is 4.51. The molecule has 0 amide bonds. The third-order valence-corrected chi connectivity index (χ3v) is 2.34. The average Bonchev–Trinajstić information content (AvgIpc) is 2.29. The van der Waals surface area contributed by atoms with Gasteiger partial charge in [0.15, 0.2) is 0 Å². The molecule has 0 aliphatic heterocycles. The van der Waals surface area contributed by atoms with Crippen molar-refractivity contribution in [3.63, 3.8) is 0 Å². The Hall–Kier alpha value is -2.04. The lowest BCUT2D eigenvalue weighted by molar-refractivity contribution is 0.0696. The zero-order chi connectivity index (χ0) is 12.8. The van der Waals surface area contributed by atoms with E-state index in [9.17, 15) is 9.59 Å². The Morgan fingerprint density at radius 3 is 2.47 bits per heavy atom. The van der Waals surface area contributed by atoms with Gasteiger partial charge in [-0.3, -0.25) is 0 Å². The summed E-state index contributed by atoms with van der Waals surface area (Å²) in [6, 6.07) is 4.05. The molecule has 3 N–H and O–H groups in total. The molecule has 1 aromatic carbocycles. The molecule has 0 heterocycles. The second kappa shape index (κ2) is 5.89. The van der Waals surface area contributed by atoms with E-state index >= 15 is 0 Å². The van der Waals surface area contributed by atoms with Gasteiger partial charge in [0.2, 0.25) is 0 Å². The molecule has 0 atom stereocenters. The number of rotatable bonds is 6. The van der Waals surface area contributed by atoms with Crippen molar-refractivity contribution in [2.75, 3.05) is 11.9 Å². The molecule has 0 spiro atoms. The number of nitrogens with one attached hydrogen (secondary N) is 1. The summed E-state index contributed by atoms with van der Waals surface area (Å²) in [4.78, 5) is 21.7. The van der Waals surface area contributed by atoms with E-state index in [0.717, 1.165) is 12.8 Å². The van der Waals surface area contributed by atoms with Crippen molar-refractivity contribution in [2.45, 2.75) is 19.8 Å². The van der Waals surface area contributed by atoms with Crippen LogP contribution in [0.25, 0.3) is 0 Å². The van der Waals surface area contributed by atoms with Crippen molar-refractivity contribution in [1.82, 2.24) is 0 Å². The summed E-state index contributed by atoms with van der Waals surface area (Å²) in [6.07, 6.45) is 1.93. The molecule has 17 heavy (non-hydrogen) atoms. The SMILES string of the molecule is CCCCNc1ccc(C(=O)O)cc1C(=O)O. The van der Waals surface area contributed by atoms with Gasteiger partial charge in [0, 0.05) is 12.2 Å². The Morgan fingerprint density at radius 2 is 1.94 bits per heavy atom. The Morgan fingerprint density at radius 1 is 1.24 bits per heavy atom. The number of unbranched alkanes of at least 4 members (excludes halogenated alkanes) is 1. The van der Waals surface area contributed by atoms with Gasteiger partial charge in [-0.15, -0.1) is 0 Å². The van der Waals surface area contributed by atoms with E-state index in [1.165, 1.54) is 18.2 Å². The third-order valence-electron chi connectivity index (χ3n) is 2.34. The predicted octanol–water partition coefficient (Wildman–Crippen LogP) is 2.29. The zero-order valence-corrected chi connectivity index (χ0v) is 9.56. The van der Waals surface area contributed by atoms with Crippen LogP contribution in [0.3, 0.4) is 0 Å². The fourth-order valence-electron chi connectivity index (χ4n) is 1.41. The van der Waals surface area contributed by atoms with Crippen LogP contribution in [0.4, 0.5) is 5.69 Å². The second-order valence-corrected chi connectivity index (χ2v) is 3.65. The minimum atomic E-state index is -1.13. The van der Waals surface area contributed by atoms with Gasteiger partial charge in [0.1, 0.15) is 0 Å². The van der Waals surface area contributed by atoms with Gasteiger partial charge >= 0.3 is 11.9 Å². The summed E-state index contributed by atoms with van der Waals surface area (Å²) in [5.41, 5.74) is 0.417. The highest BCUT2D eigenvalue weighted by atomic mass is 16.4. The number of benzene rings is 1. The molecule has 0 aliphatic rings. The van der Waals surface area contributed by atoms with Crippen LogP contribution in [-0.4, -0.2) is 28.7 Å². The highest BCUT2D eigenvalue weighted by molar-refractivity contribution is 5.98. The predicted molar refractivity (Wildman–Crippen MR) is 63.8 cm³/mol. The highest BCUT2D eigenvalue weighted by Crippen LogP contribution is 2.18. The normalized spacial score (nSPS) is 9.94. The highest BCUT2D eigenvalue weighted by Gasteiger charge is 2.13. The van der Waals surface area contributed by atoms with Gasteiger partial charge in [-0.1, -0.05) is 13.3 Å². The molecule has 0 aliphatic carbocycles. The fourth-order valence-corrected chi connectivity index (χ4v) is 1.41. The quantitative estimate of drug-likeness (QED) is 0.661. The van der Waals surface area contributed by atoms with Crippen LogP contribution >= 0.6 is 0 Å². The number of carboxylic acid groups (broad SMARTS) is 2. The van der Waals surface area contributed by atoms with E-state index in [4.69, 9.17) is 10.2 Å². The first-order chi connectivity index (χ1) is 8.06. The van der Waals surface area contributed by atoms with Crippen LogP contribution in [-0.2, 0) is 0 Å². The summed E-state index contributed by atoms with van der Waals surface area (Å²) >= 11 is 0. The van der Waals surface area contributed by atoms with Crippen LogP contribution in [0.15, 0.2) is 18.2 Å². The van der Waals surface area contributed by atoms with Crippen LogP contribution in [0, 0.1) is 0 Å². The molecular weight excluding hydrogens is 222 g/mol. The van der Waals surface area contributed by atoms with Crippen LogP contribution in [0.5, 0.6) is 0 Å². The number of anilines is 1. The van der Waals surface area contributed by atoms with Gasteiger partial charge in [-0.05, 0) is 24.6 Å². The minimum absolute atomic E-state index is 0.0130. The maximum atomic E-state index is 11.0. The molecule has 0 bridgehead atoms. The largest absolute Gasteiger partial charge is 0.478 e. The molecule has 0 saturated heterocycles. The van der Waals surface area contributed by atoms with Gasteiger partial charge in [-0.2, -0.15) is 0 Å². The van der Waals surface area contributed by atoms with Gasteiger partial charge < -0.3 is 15.5 Å². The van der Waals surface area contributed by atoms with E-state index in [2.05, 4.69) is 5.32 Å². The molecule has 0 aromatic heterocycles. The van der Waals surface area contributed by atoms with Crippen molar-refractivity contribution in [1.29, 1.82) is 0 Å². The molecule has 0 radical (unpaired) electrons. The van der Waals surface area contributed by atoms with Gasteiger partial charge in [0.05, 0.1) is 11.1 Å². The first-order valence-corrected chi connectivity index (χ1v) is 5.40. The minimum Gasteiger partial charge on any atom is -0.478 e. The first-order valence-electron chi connectivity index (χ1n) is 5.40. The number of hydrogen-bond acceptors (Lipinski definition) is 3. The molecule has 5 nitrogen and oxygen atoms in total. The summed E-state index contributed by atoms with van der Waals surface area (Å²) < 4.78 is 0. The summed E-state index contributed by atoms with van der Waals surface area (Å²) in [6.45, 7) is 2.70. The van der Waals surface area contributed by atoms with Crippen molar-refractivity contribution in [2.24, 2.45) is 0 Å².